The van der Waals surface area contributed by atoms with Crippen LogP contribution in [0.2, 0.25) is 0 Å². The minimum Gasteiger partial charge on any atom is -1.00 e. The van der Waals surface area contributed by atoms with Gasteiger partial charge in [0.05, 0.1) is 17.1 Å². The predicted molar refractivity (Wildman–Crippen MR) is 255 cm³/mol. The van der Waals surface area contributed by atoms with Crippen molar-refractivity contribution in [2.45, 2.75) is 36.3 Å². The summed E-state index contributed by atoms with van der Waals surface area (Å²) in [7, 11) is 0. The van der Waals surface area contributed by atoms with Gasteiger partial charge in [-0.05, 0) is 35.4 Å². The summed E-state index contributed by atoms with van der Waals surface area (Å²) in [6, 6.07) is 77.7. The molecule has 8 aromatic rings. The molecule has 2 aliphatic heterocycles. The maximum atomic E-state index is 13.2. The first-order valence-corrected chi connectivity index (χ1v) is 22.1. The van der Waals surface area contributed by atoms with Gasteiger partial charge < -0.3 is 27.4 Å². The molecule has 8 nitrogen and oxygen atoms in total. The predicted octanol–water partition coefficient (Wildman–Crippen LogP) is 5.61. The Morgan fingerprint density at radius 1 is 0.433 bits per heavy atom. The third kappa shape index (κ3) is 9.00. The third-order valence-corrected chi connectivity index (χ3v) is 12.5. The van der Waals surface area contributed by atoms with E-state index in [1.165, 1.54) is 0 Å². The maximum absolute atomic E-state index is 13.2. The lowest BCUT2D eigenvalue weighted by atomic mass is 9.79. The first-order valence-electron chi connectivity index (χ1n) is 22.1. The summed E-state index contributed by atoms with van der Waals surface area (Å²) in [5, 5.41) is 30.8. The van der Waals surface area contributed by atoms with Crippen LogP contribution in [0.25, 0.3) is 0 Å². The van der Waals surface area contributed by atoms with Gasteiger partial charge in [0.15, 0.2) is 12.1 Å². The van der Waals surface area contributed by atoms with Gasteiger partial charge in [-0.2, -0.15) is 0 Å². The van der Waals surface area contributed by atoms with Crippen molar-refractivity contribution < 1.29 is 41.4 Å². The maximum Gasteiger partial charge on any atom is 0.361 e. The number of benzene rings is 8. The lowest BCUT2D eigenvalue weighted by Crippen LogP contribution is -3.00. The summed E-state index contributed by atoms with van der Waals surface area (Å²) < 4.78 is 4.35. The number of carbonyl (C=O) groups is 2. The summed E-state index contributed by atoms with van der Waals surface area (Å²) in [4.78, 5) is 26.2. The van der Waals surface area contributed by atoms with E-state index in [2.05, 4.69) is 44.1 Å². The van der Waals surface area contributed by atoms with Crippen molar-refractivity contribution in [1.82, 2.24) is 10.6 Å². The molecule has 67 heavy (non-hydrogen) atoms. The summed E-state index contributed by atoms with van der Waals surface area (Å²) in [5.74, 6) is -0.501. The van der Waals surface area contributed by atoms with E-state index in [-0.39, 0.29) is 12.4 Å². The highest BCUT2D eigenvalue weighted by molar-refractivity contribution is 6.01. The molecule has 3 N–H and O–H groups in total. The Hall–Kier alpha value is -8.07. The molecule has 4 atom stereocenters. The second kappa shape index (κ2) is 20.4. The highest BCUT2D eigenvalue weighted by atomic mass is 35.5. The summed E-state index contributed by atoms with van der Waals surface area (Å²) in [5.41, 5.74) is 4.47. The molecule has 0 saturated carbocycles. The number of amidine groups is 2. The Kier molecular flexibility index (Phi) is 13.9. The van der Waals surface area contributed by atoms with Gasteiger partial charge in [-0.3, -0.25) is 10.6 Å². The van der Waals surface area contributed by atoms with E-state index in [4.69, 9.17) is 0 Å². The van der Waals surface area contributed by atoms with Gasteiger partial charge in [0.2, 0.25) is 5.54 Å². The SMILES string of the molecule is O=C(O)[C@@]1(c2ccccc2)NC(c2ccccc2)=[N+](Cc2ccccc2)[C@@H]1c1ccccc1.O=C([O-])[C@@]1(c2ccccc2)NC(c2ccccc2)=[N+](Cc2ccccc2)[C@@H]1c1ccccc1.[Cl-]. The van der Waals surface area contributed by atoms with Crippen LogP contribution < -0.4 is 28.1 Å². The van der Waals surface area contributed by atoms with Crippen LogP contribution in [0.3, 0.4) is 0 Å². The lowest BCUT2D eigenvalue weighted by Gasteiger charge is -2.33. The number of aliphatic carboxylic acids is 2. The van der Waals surface area contributed by atoms with E-state index in [1.807, 2.05) is 218 Å². The Balaban J connectivity index is 0.000000179. The van der Waals surface area contributed by atoms with Crippen molar-refractivity contribution in [2.24, 2.45) is 0 Å². The number of rotatable bonds is 12. The van der Waals surface area contributed by atoms with Crippen LogP contribution in [0.5, 0.6) is 0 Å². The molecule has 9 heteroatoms. The standard InChI is InChI=1S/2C29H24N2O2.ClH/c2*32-28(33)29(25-19-11-4-12-20-25)26(23-15-7-2-8-16-23)31(21-22-13-5-1-6-14-22)27(30-29)24-17-9-3-10-18-24;/h2*1-20,26H,21H2,(H,32,33);1H/t2*26-,29+;/m11./s1. The van der Waals surface area contributed by atoms with Crippen LogP contribution in [0.15, 0.2) is 243 Å². The second-order valence-corrected chi connectivity index (χ2v) is 16.5. The van der Waals surface area contributed by atoms with Gasteiger partial charge in [-0.25, -0.2) is 13.9 Å². The molecule has 0 aliphatic carbocycles. The zero-order chi connectivity index (χ0) is 45.4. The van der Waals surface area contributed by atoms with Crippen molar-refractivity contribution in [3.8, 4) is 0 Å². The fourth-order valence-corrected chi connectivity index (χ4v) is 9.52. The van der Waals surface area contributed by atoms with Crippen molar-refractivity contribution >= 4 is 23.6 Å². The highest BCUT2D eigenvalue weighted by Gasteiger charge is 2.62. The smallest absolute Gasteiger partial charge is 0.361 e. The van der Waals surface area contributed by atoms with Crippen LogP contribution in [-0.2, 0) is 33.8 Å². The minimum atomic E-state index is -1.47. The molecule has 0 bridgehead atoms. The molecule has 0 aromatic heterocycles. The van der Waals surface area contributed by atoms with E-state index in [0.717, 1.165) is 50.6 Å². The molecular formula is C58H49ClN4O4. The number of carbonyl (C=O) groups excluding carboxylic acids is 1. The normalized spacial score (nSPS) is 19.5. The molecule has 0 saturated heterocycles. The van der Waals surface area contributed by atoms with Gasteiger partial charge in [0.1, 0.15) is 13.1 Å². The first-order chi connectivity index (χ1) is 32.4. The number of hydrogen-bond acceptors (Lipinski definition) is 5. The molecule has 10 rings (SSSR count). The number of nitrogens with zero attached hydrogens (tertiary/aromatic N) is 2. The van der Waals surface area contributed by atoms with Crippen molar-refractivity contribution in [2.75, 3.05) is 0 Å². The quantitative estimate of drug-likeness (QED) is 0.138. The van der Waals surface area contributed by atoms with Crippen LogP contribution in [-0.4, -0.2) is 37.9 Å². The molecule has 0 radical (unpaired) electrons. The number of halogens is 1. The minimum absolute atomic E-state index is 0. The number of carboxylic acid groups (broad SMARTS) is 2. The van der Waals surface area contributed by atoms with Gasteiger partial charge >= 0.3 is 5.97 Å². The Morgan fingerprint density at radius 3 is 1.06 bits per heavy atom. The summed E-state index contributed by atoms with van der Waals surface area (Å²) in [6.45, 7) is 1.11. The van der Waals surface area contributed by atoms with E-state index >= 15 is 0 Å². The molecule has 8 aromatic carbocycles. The molecule has 0 fully saturated rings. The number of nitrogens with one attached hydrogen (secondary N) is 2. The number of hydrogen-bond donors (Lipinski definition) is 3. The largest absolute Gasteiger partial charge is 1.00 e. The molecule has 2 aliphatic rings. The van der Waals surface area contributed by atoms with Gasteiger partial charge in [-0.15, -0.1) is 0 Å². The summed E-state index contributed by atoms with van der Waals surface area (Å²) >= 11 is 0. The van der Waals surface area contributed by atoms with E-state index < -0.39 is 35.1 Å². The van der Waals surface area contributed by atoms with Crippen molar-refractivity contribution in [3.05, 3.63) is 287 Å². The lowest BCUT2D eigenvalue weighted by molar-refractivity contribution is -0.587. The van der Waals surface area contributed by atoms with Gasteiger partial charge in [-0.1, -0.05) is 218 Å². The van der Waals surface area contributed by atoms with E-state index in [1.54, 1.807) is 0 Å². The Labute approximate surface area is 397 Å². The van der Waals surface area contributed by atoms with Crippen LogP contribution in [0.1, 0.15) is 56.6 Å². The van der Waals surface area contributed by atoms with Crippen LogP contribution >= 0.6 is 0 Å². The zero-order valence-electron chi connectivity index (χ0n) is 36.6. The van der Waals surface area contributed by atoms with E-state index in [9.17, 15) is 19.8 Å². The molecule has 2 heterocycles. The molecular weight excluding hydrogens is 852 g/mol. The Bertz CT molecular complexity index is 2760. The molecule has 0 unspecified atom stereocenters. The fourth-order valence-electron chi connectivity index (χ4n) is 9.52. The zero-order valence-corrected chi connectivity index (χ0v) is 37.4. The summed E-state index contributed by atoms with van der Waals surface area (Å²) in [6.07, 6.45) is 0. The molecule has 332 valence electrons. The van der Waals surface area contributed by atoms with Crippen molar-refractivity contribution in [1.29, 1.82) is 0 Å². The molecule has 0 spiro atoms. The van der Waals surface area contributed by atoms with Crippen molar-refractivity contribution in [3.63, 3.8) is 0 Å². The first kappa shape index (κ1) is 45.5. The van der Waals surface area contributed by atoms with Gasteiger partial charge in [0.25, 0.3) is 17.2 Å². The Morgan fingerprint density at radius 2 is 0.716 bits per heavy atom. The van der Waals surface area contributed by atoms with Gasteiger partial charge in [0, 0.05) is 22.3 Å². The second-order valence-electron chi connectivity index (χ2n) is 16.5. The van der Waals surface area contributed by atoms with Crippen LogP contribution in [0.4, 0.5) is 0 Å². The van der Waals surface area contributed by atoms with E-state index in [0.29, 0.717) is 18.7 Å². The van der Waals surface area contributed by atoms with Crippen LogP contribution in [0, 0.1) is 0 Å². The highest BCUT2D eigenvalue weighted by Crippen LogP contribution is 2.44. The number of carboxylic acids is 2. The topological polar surface area (TPSA) is 108 Å². The third-order valence-electron chi connectivity index (χ3n) is 12.5. The average molecular weight is 902 g/mol. The monoisotopic (exact) mass is 900 g/mol. The average Bonchev–Trinajstić information content (AvgIpc) is 3.91. The molecule has 0 amide bonds. The fraction of sp³-hybridized carbons (Fsp3) is 0.103.